The Morgan fingerprint density at radius 3 is 2.40 bits per heavy atom. The second-order valence-corrected chi connectivity index (χ2v) is 10.1. The van der Waals surface area contributed by atoms with Crippen molar-refractivity contribution in [1.29, 1.82) is 0 Å². The lowest BCUT2D eigenvalue weighted by Gasteiger charge is -2.31. The lowest BCUT2D eigenvalue weighted by molar-refractivity contribution is 0.145. The van der Waals surface area contributed by atoms with E-state index < -0.39 is 0 Å². The largest absolute Gasteiger partial charge is 0.393 e. The van der Waals surface area contributed by atoms with Crippen molar-refractivity contribution in [2.75, 3.05) is 18.0 Å². The summed E-state index contributed by atoms with van der Waals surface area (Å²) in [6.45, 7) is 2.66. The molecule has 2 aromatic carbocycles. The Balaban J connectivity index is 1.28. The van der Waals surface area contributed by atoms with E-state index in [0.29, 0.717) is 0 Å². The van der Waals surface area contributed by atoms with Crippen LogP contribution >= 0.6 is 0 Å². The molecule has 4 aromatic rings. The summed E-state index contributed by atoms with van der Waals surface area (Å²) in [7, 11) is 0. The molecule has 1 saturated carbocycles. The number of nitrogens with zero attached hydrogens (tertiary/aromatic N) is 6. The van der Waals surface area contributed by atoms with Gasteiger partial charge >= 0.3 is 0 Å². The number of hydrogen-bond acceptors (Lipinski definition) is 6. The number of aromatic nitrogens is 6. The first-order chi connectivity index (χ1) is 17.2. The average Bonchev–Trinajstić information content (AvgIpc) is 3.55. The van der Waals surface area contributed by atoms with Gasteiger partial charge in [0.25, 0.3) is 0 Å². The molecular formula is C27H33N7O. The molecule has 182 valence electrons. The summed E-state index contributed by atoms with van der Waals surface area (Å²) in [5, 5.41) is 25.9. The molecule has 0 radical (unpaired) electrons. The molecule has 6 rings (SSSR count). The number of aliphatic hydroxyl groups excluding tert-OH is 1. The Kier molecular flexibility index (Phi) is 6.21. The van der Waals surface area contributed by atoms with Crippen molar-refractivity contribution >= 4 is 16.7 Å². The Morgan fingerprint density at radius 2 is 1.60 bits per heavy atom. The third-order valence-electron chi connectivity index (χ3n) is 7.68. The summed E-state index contributed by atoms with van der Waals surface area (Å²) in [5.41, 5.74) is 4.90. The van der Waals surface area contributed by atoms with Gasteiger partial charge in [-0.2, -0.15) is 20.5 Å². The van der Waals surface area contributed by atoms with Crippen LogP contribution in [-0.4, -0.2) is 54.5 Å². The van der Waals surface area contributed by atoms with Crippen LogP contribution in [-0.2, 0) is 6.54 Å². The number of aryl methyl sites for hydroxylation is 1. The first kappa shape index (κ1) is 22.2. The number of aromatic amines is 1. The maximum atomic E-state index is 9.81. The number of benzene rings is 2. The summed E-state index contributed by atoms with van der Waals surface area (Å²) in [6, 6.07) is 14.6. The van der Waals surface area contributed by atoms with Gasteiger partial charge in [0.1, 0.15) is 11.0 Å². The van der Waals surface area contributed by atoms with Gasteiger partial charge in [0.05, 0.1) is 6.10 Å². The van der Waals surface area contributed by atoms with Crippen molar-refractivity contribution in [3.05, 3.63) is 42.5 Å². The number of rotatable bonds is 6. The first-order valence-corrected chi connectivity index (χ1v) is 13.0. The minimum absolute atomic E-state index is 0.165. The molecule has 1 aliphatic heterocycles. The van der Waals surface area contributed by atoms with E-state index in [2.05, 4.69) is 55.3 Å². The summed E-state index contributed by atoms with van der Waals surface area (Å²) >= 11 is 0. The van der Waals surface area contributed by atoms with Gasteiger partial charge in [-0.05, 0) is 67.6 Å². The number of fused-ring (bicyclic) bond motifs is 1. The fourth-order valence-corrected chi connectivity index (χ4v) is 5.54. The van der Waals surface area contributed by atoms with E-state index in [4.69, 9.17) is 10.1 Å². The van der Waals surface area contributed by atoms with E-state index in [1.807, 2.05) is 12.1 Å². The molecule has 2 N–H and O–H groups in total. The van der Waals surface area contributed by atoms with Gasteiger partial charge in [0, 0.05) is 36.4 Å². The Morgan fingerprint density at radius 1 is 0.857 bits per heavy atom. The molecule has 35 heavy (non-hydrogen) atoms. The van der Waals surface area contributed by atoms with Crippen LogP contribution < -0.4 is 4.90 Å². The molecule has 0 amide bonds. The van der Waals surface area contributed by atoms with Gasteiger partial charge in [-0.15, -0.1) is 0 Å². The highest BCUT2D eigenvalue weighted by Gasteiger charge is 2.20. The number of anilines is 1. The average molecular weight is 472 g/mol. The summed E-state index contributed by atoms with van der Waals surface area (Å²) < 4.78 is 2.09. The quantitative estimate of drug-likeness (QED) is 0.419. The number of aliphatic hydroxyl groups is 1. The van der Waals surface area contributed by atoms with Crippen molar-refractivity contribution in [2.45, 2.75) is 64.0 Å². The summed E-state index contributed by atoms with van der Waals surface area (Å²) in [5.74, 6) is 2.42. The Bertz CT molecular complexity index is 1260. The third-order valence-corrected chi connectivity index (χ3v) is 7.68. The fourth-order valence-electron chi connectivity index (χ4n) is 5.54. The van der Waals surface area contributed by atoms with Crippen LogP contribution in [0.3, 0.4) is 0 Å². The molecule has 3 heterocycles. The lowest BCUT2D eigenvalue weighted by Crippen LogP contribution is -2.35. The molecule has 2 aliphatic rings. The number of piperidine rings is 1. The molecule has 1 aliphatic carbocycles. The highest BCUT2D eigenvalue weighted by molar-refractivity contribution is 5.79. The smallest absolute Gasteiger partial charge is 0.181 e. The van der Waals surface area contributed by atoms with Crippen molar-refractivity contribution in [3.8, 4) is 22.8 Å². The first-order valence-electron chi connectivity index (χ1n) is 13.0. The standard InChI is InChI=1S/C27H33N7O/c35-23-13-15-33(16-14-23)22-9-6-20(7-10-22)26-28-27(21-8-11-24-25(18-21)30-32-29-24)34(31-26)17-12-19-4-2-1-3-5-19/h6-11,18-19,23,35H,1-5,12-17H2,(H,29,30,32). The maximum absolute atomic E-state index is 9.81. The van der Waals surface area contributed by atoms with Gasteiger partial charge in [-0.25, -0.2) is 9.67 Å². The maximum Gasteiger partial charge on any atom is 0.181 e. The molecule has 8 heteroatoms. The zero-order chi connectivity index (χ0) is 23.6. The van der Waals surface area contributed by atoms with Crippen molar-refractivity contribution in [3.63, 3.8) is 0 Å². The highest BCUT2D eigenvalue weighted by Crippen LogP contribution is 2.30. The van der Waals surface area contributed by atoms with E-state index in [9.17, 15) is 5.11 Å². The predicted octanol–water partition coefficient (Wildman–Crippen LogP) is 4.81. The van der Waals surface area contributed by atoms with Gasteiger partial charge in [-0.1, -0.05) is 32.1 Å². The predicted molar refractivity (Wildman–Crippen MR) is 137 cm³/mol. The van der Waals surface area contributed by atoms with E-state index in [1.165, 1.54) is 37.8 Å². The molecule has 0 unspecified atom stereocenters. The fraction of sp³-hybridized carbons (Fsp3) is 0.481. The van der Waals surface area contributed by atoms with Crippen LogP contribution in [0.4, 0.5) is 5.69 Å². The molecular weight excluding hydrogens is 438 g/mol. The lowest BCUT2D eigenvalue weighted by atomic mass is 9.87. The van der Waals surface area contributed by atoms with Crippen LogP contribution in [0.2, 0.25) is 0 Å². The van der Waals surface area contributed by atoms with Gasteiger partial charge < -0.3 is 10.0 Å². The molecule has 1 saturated heterocycles. The molecule has 2 aromatic heterocycles. The minimum atomic E-state index is -0.165. The van der Waals surface area contributed by atoms with Crippen LogP contribution in [0.25, 0.3) is 33.8 Å². The van der Waals surface area contributed by atoms with Crippen LogP contribution in [0.15, 0.2) is 42.5 Å². The van der Waals surface area contributed by atoms with Gasteiger partial charge in [-0.3, -0.25) is 0 Å². The Hall–Kier alpha value is -3.26. The minimum Gasteiger partial charge on any atom is -0.393 e. The monoisotopic (exact) mass is 471 g/mol. The van der Waals surface area contributed by atoms with Crippen molar-refractivity contribution in [1.82, 2.24) is 30.2 Å². The van der Waals surface area contributed by atoms with E-state index in [1.54, 1.807) is 0 Å². The summed E-state index contributed by atoms with van der Waals surface area (Å²) in [4.78, 5) is 7.34. The number of H-pyrrole nitrogens is 1. The van der Waals surface area contributed by atoms with Gasteiger partial charge in [0.15, 0.2) is 11.6 Å². The third kappa shape index (κ3) is 4.80. The topological polar surface area (TPSA) is 95.7 Å². The van der Waals surface area contributed by atoms with Crippen LogP contribution in [0.1, 0.15) is 51.4 Å². The summed E-state index contributed by atoms with van der Waals surface area (Å²) in [6.07, 6.45) is 9.37. The SMILES string of the molecule is OC1CCN(c2ccc(-c3nc(-c4ccc5n[nH]nc5c4)n(CCC4CCCCC4)n3)cc2)CC1. The molecule has 2 fully saturated rings. The van der Waals surface area contributed by atoms with Crippen molar-refractivity contribution in [2.24, 2.45) is 5.92 Å². The second-order valence-electron chi connectivity index (χ2n) is 10.1. The number of nitrogens with one attached hydrogen (secondary N) is 1. The molecule has 8 nitrogen and oxygen atoms in total. The van der Waals surface area contributed by atoms with Crippen molar-refractivity contribution < 1.29 is 5.11 Å². The van der Waals surface area contributed by atoms with Crippen LogP contribution in [0.5, 0.6) is 0 Å². The zero-order valence-electron chi connectivity index (χ0n) is 20.1. The molecule has 0 spiro atoms. The van der Waals surface area contributed by atoms with Gasteiger partial charge in [0.2, 0.25) is 0 Å². The zero-order valence-corrected chi connectivity index (χ0v) is 20.1. The van der Waals surface area contributed by atoms with E-state index in [0.717, 1.165) is 78.6 Å². The van der Waals surface area contributed by atoms with E-state index >= 15 is 0 Å². The normalized spacial score (nSPS) is 17.9. The number of hydrogen-bond donors (Lipinski definition) is 2. The van der Waals surface area contributed by atoms with E-state index in [-0.39, 0.29) is 6.10 Å². The highest BCUT2D eigenvalue weighted by atomic mass is 16.3. The Labute approximate surface area is 205 Å². The molecule has 0 atom stereocenters. The molecule has 0 bridgehead atoms. The second kappa shape index (κ2) is 9.77. The van der Waals surface area contributed by atoms with Crippen LogP contribution in [0, 0.1) is 5.92 Å².